The molecule has 0 spiro atoms. The van der Waals surface area contributed by atoms with Crippen molar-refractivity contribution in [2.75, 3.05) is 44.2 Å². The highest BCUT2D eigenvalue weighted by atomic mass is 16.1. The Labute approximate surface area is 258 Å². The van der Waals surface area contributed by atoms with Crippen molar-refractivity contribution in [1.82, 2.24) is 29.4 Å². The minimum atomic E-state index is -0.0999. The lowest BCUT2D eigenvalue weighted by molar-refractivity contribution is -0.121. The molecule has 0 bridgehead atoms. The van der Waals surface area contributed by atoms with Crippen LogP contribution in [0.3, 0.4) is 0 Å². The Bertz CT molecular complexity index is 1830. The molecule has 1 fully saturated rings. The molecule has 6 rings (SSSR count). The smallest absolute Gasteiger partial charge is 0.263 e. The van der Waals surface area contributed by atoms with E-state index in [0.717, 1.165) is 50.2 Å². The van der Waals surface area contributed by atoms with Crippen molar-refractivity contribution in [2.24, 2.45) is 0 Å². The molecule has 1 amide bonds. The molecule has 0 radical (unpaired) electrons. The maximum Gasteiger partial charge on any atom is 0.263 e. The summed E-state index contributed by atoms with van der Waals surface area (Å²) in [6.07, 6.45) is 1.65. The summed E-state index contributed by atoms with van der Waals surface area (Å²) in [5.74, 6) is 1.16. The van der Waals surface area contributed by atoms with E-state index in [4.69, 9.17) is 0 Å². The van der Waals surface area contributed by atoms with Gasteiger partial charge >= 0.3 is 0 Å². The summed E-state index contributed by atoms with van der Waals surface area (Å²) in [7, 11) is 0. The van der Waals surface area contributed by atoms with Gasteiger partial charge in [-0.2, -0.15) is 0 Å². The fraction of sp³-hybridized carbons (Fsp3) is 0.371. The maximum atomic E-state index is 13.5. The van der Waals surface area contributed by atoms with E-state index in [1.807, 2.05) is 59.9 Å². The van der Waals surface area contributed by atoms with Gasteiger partial charge in [-0.25, -0.2) is 0 Å². The van der Waals surface area contributed by atoms with E-state index in [-0.39, 0.29) is 11.5 Å². The quantitative estimate of drug-likeness (QED) is 0.244. The Balaban J connectivity index is 1.04. The third-order valence-electron chi connectivity index (χ3n) is 8.66. The lowest BCUT2D eigenvalue weighted by atomic mass is 10.1. The van der Waals surface area contributed by atoms with Crippen molar-refractivity contribution in [1.29, 1.82) is 0 Å². The summed E-state index contributed by atoms with van der Waals surface area (Å²) in [6.45, 7) is 12.5. The van der Waals surface area contributed by atoms with E-state index in [2.05, 4.69) is 57.4 Å². The second kappa shape index (κ2) is 13.0. The Morgan fingerprint density at radius 2 is 1.64 bits per heavy atom. The number of amides is 1. The van der Waals surface area contributed by atoms with E-state index in [1.54, 1.807) is 4.57 Å². The number of carbonyl (C=O) groups excluding carboxylic acids is 1. The highest BCUT2D eigenvalue weighted by Gasteiger charge is 2.19. The summed E-state index contributed by atoms with van der Waals surface area (Å²) in [5, 5.41) is 12.5. The van der Waals surface area contributed by atoms with Gasteiger partial charge < -0.3 is 10.2 Å². The molecule has 228 valence electrons. The molecule has 0 unspecified atom stereocenters. The average Bonchev–Trinajstić information content (AvgIpc) is 3.47. The van der Waals surface area contributed by atoms with Crippen LogP contribution >= 0.6 is 0 Å². The lowest BCUT2D eigenvalue weighted by Crippen LogP contribution is -2.47. The van der Waals surface area contributed by atoms with Crippen LogP contribution in [0.25, 0.3) is 16.7 Å². The van der Waals surface area contributed by atoms with Gasteiger partial charge in [0.2, 0.25) is 11.7 Å². The van der Waals surface area contributed by atoms with E-state index in [9.17, 15) is 9.59 Å². The zero-order chi connectivity index (χ0) is 30.6. The van der Waals surface area contributed by atoms with Crippen LogP contribution in [0.2, 0.25) is 0 Å². The SMILES string of the molecule is Cc1ccc(Cn2c(=O)c3ccccc3n3c(CCC(=O)NCCCN4CCN(c5cc(C)ccc5C)CC4)nnc23)cc1. The zero-order valence-corrected chi connectivity index (χ0v) is 25.9. The molecule has 2 aromatic heterocycles. The molecule has 3 aromatic carbocycles. The number of aryl methyl sites for hydroxylation is 4. The summed E-state index contributed by atoms with van der Waals surface area (Å²) >= 11 is 0. The van der Waals surface area contributed by atoms with Crippen LogP contribution in [0.4, 0.5) is 5.69 Å². The first kappa shape index (κ1) is 29.6. The Morgan fingerprint density at radius 1 is 0.886 bits per heavy atom. The second-order valence-electron chi connectivity index (χ2n) is 12.0. The Kier molecular flexibility index (Phi) is 8.74. The number of hydrogen-bond acceptors (Lipinski definition) is 6. The zero-order valence-electron chi connectivity index (χ0n) is 25.9. The van der Waals surface area contributed by atoms with Gasteiger partial charge in [0.25, 0.3) is 5.56 Å². The Morgan fingerprint density at radius 3 is 2.43 bits per heavy atom. The molecule has 1 saturated heterocycles. The summed E-state index contributed by atoms with van der Waals surface area (Å²) in [4.78, 5) is 31.2. The van der Waals surface area contributed by atoms with Crippen molar-refractivity contribution in [3.63, 3.8) is 0 Å². The highest BCUT2D eigenvalue weighted by molar-refractivity contribution is 5.80. The molecule has 0 aliphatic carbocycles. The molecule has 0 atom stereocenters. The van der Waals surface area contributed by atoms with Gasteiger partial charge in [-0.05, 0) is 68.6 Å². The molecule has 9 nitrogen and oxygen atoms in total. The molecule has 3 heterocycles. The summed E-state index contributed by atoms with van der Waals surface area (Å²) in [6, 6.07) is 22.3. The van der Waals surface area contributed by atoms with Crippen molar-refractivity contribution >= 4 is 28.3 Å². The largest absolute Gasteiger partial charge is 0.369 e. The normalized spacial score (nSPS) is 14.0. The van der Waals surface area contributed by atoms with E-state index in [1.165, 1.54) is 22.4 Å². The predicted molar refractivity (Wildman–Crippen MR) is 176 cm³/mol. The topological polar surface area (TPSA) is 87.8 Å². The fourth-order valence-corrected chi connectivity index (χ4v) is 6.11. The first-order chi connectivity index (χ1) is 21.4. The van der Waals surface area contributed by atoms with Crippen LogP contribution in [-0.4, -0.2) is 69.2 Å². The number of carbonyl (C=O) groups is 1. The van der Waals surface area contributed by atoms with Gasteiger partial charge in [0.05, 0.1) is 17.4 Å². The number of nitrogens with one attached hydrogen (secondary N) is 1. The lowest BCUT2D eigenvalue weighted by Gasteiger charge is -2.37. The summed E-state index contributed by atoms with van der Waals surface area (Å²) < 4.78 is 3.60. The number of nitrogens with zero attached hydrogens (tertiary/aromatic N) is 6. The van der Waals surface area contributed by atoms with Gasteiger partial charge in [-0.3, -0.25) is 23.5 Å². The van der Waals surface area contributed by atoms with E-state index >= 15 is 0 Å². The first-order valence-corrected chi connectivity index (χ1v) is 15.6. The molecule has 1 N–H and O–H groups in total. The molecule has 5 aromatic rings. The van der Waals surface area contributed by atoms with Crippen molar-refractivity contribution < 1.29 is 4.79 Å². The van der Waals surface area contributed by atoms with Gasteiger partial charge in [-0.15, -0.1) is 10.2 Å². The van der Waals surface area contributed by atoms with Crippen LogP contribution in [0.1, 0.15) is 40.9 Å². The van der Waals surface area contributed by atoms with Crippen molar-refractivity contribution in [3.8, 4) is 0 Å². The minimum Gasteiger partial charge on any atom is -0.369 e. The first-order valence-electron chi connectivity index (χ1n) is 15.6. The van der Waals surface area contributed by atoms with Crippen LogP contribution < -0.4 is 15.8 Å². The van der Waals surface area contributed by atoms with Gasteiger partial charge in [0.1, 0.15) is 5.82 Å². The minimum absolute atomic E-state index is 0.00113. The van der Waals surface area contributed by atoms with Crippen molar-refractivity contribution in [3.05, 3.63) is 105 Å². The summed E-state index contributed by atoms with van der Waals surface area (Å²) in [5.41, 5.74) is 6.81. The number of aromatic nitrogens is 4. The molecule has 1 aliphatic heterocycles. The number of anilines is 1. The standard InChI is InChI=1S/C35H41N7O2/c1-25-10-13-28(14-11-25)24-41-34(44)29-7-4-5-8-30(29)42-32(37-38-35(41)42)15-16-33(43)36-17-6-18-39-19-21-40(22-20-39)31-23-26(2)9-12-27(31)3/h4-5,7-14,23H,6,15-22,24H2,1-3H3,(H,36,43). The molecule has 0 saturated carbocycles. The van der Waals surface area contributed by atoms with E-state index in [0.29, 0.717) is 42.9 Å². The average molecular weight is 592 g/mol. The maximum absolute atomic E-state index is 13.5. The van der Waals surface area contributed by atoms with Crippen LogP contribution in [-0.2, 0) is 17.8 Å². The molecular weight excluding hydrogens is 550 g/mol. The van der Waals surface area contributed by atoms with Gasteiger partial charge in [0, 0.05) is 51.3 Å². The molecule has 1 aliphatic rings. The number of rotatable bonds is 10. The van der Waals surface area contributed by atoms with E-state index < -0.39 is 0 Å². The van der Waals surface area contributed by atoms with Crippen LogP contribution in [0.5, 0.6) is 0 Å². The molecule has 44 heavy (non-hydrogen) atoms. The number of piperazine rings is 1. The molecule has 9 heteroatoms. The number of hydrogen-bond donors (Lipinski definition) is 1. The van der Waals surface area contributed by atoms with Gasteiger partial charge in [-0.1, -0.05) is 54.1 Å². The number of para-hydroxylation sites is 1. The van der Waals surface area contributed by atoms with Crippen LogP contribution in [0.15, 0.2) is 71.5 Å². The third-order valence-corrected chi connectivity index (χ3v) is 8.66. The number of benzene rings is 3. The van der Waals surface area contributed by atoms with Crippen molar-refractivity contribution in [2.45, 2.75) is 46.6 Å². The Hall–Kier alpha value is -4.50. The number of fused-ring (bicyclic) bond motifs is 3. The third kappa shape index (κ3) is 6.38. The predicted octanol–water partition coefficient (Wildman–Crippen LogP) is 4.28. The highest BCUT2D eigenvalue weighted by Crippen LogP contribution is 2.23. The monoisotopic (exact) mass is 591 g/mol. The fourth-order valence-electron chi connectivity index (χ4n) is 6.11. The van der Waals surface area contributed by atoms with Crippen LogP contribution in [0, 0.1) is 20.8 Å². The second-order valence-corrected chi connectivity index (χ2v) is 12.0. The van der Waals surface area contributed by atoms with Gasteiger partial charge in [0.15, 0.2) is 0 Å². The molecular formula is C35H41N7O2.